The van der Waals surface area contributed by atoms with Crippen molar-refractivity contribution in [1.29, 1.82) is 0 Å². The van der Waals surface area contributed by atoms with Crippen LogP contribution in [-0.2, 0) is 4.79 Å². The van der Waals surface area contributed by atoms with Gasteiger partial charge >= 0.3 is 0 Å². The summed E-state index contributed by atoms with van der Waals surface area (Å²) in [5.41, 5.74) is 2.09. The van der Waals surface area contributed by atoms with E-state index in [4.69, 9.17) is 0 Å². The second-order valence-electron chi connectivity index (χ2n) is 7.88. The van der Waals surface area contributed by atoms with Crippen LogP contribution in [0.5, 0.6) is 0 Å². The molecule has 0 bridgehead atoms. The van der Waals surface area contributed by atoms with E-state index in [-0.39, 0.29) is 24.8 Å². The standard InChI is InChI=1S/C24H22N6O2/c31-22(12-13-25-24(32)19-9-8-16-4-1-2-5-17(16)14-19)26-20-7-3-6-18(15-20)23-27-28-29-30(23)21-10-11-21/h1-9,14-15,21H,10-13H2,(H,25,32)(H,26,31). The number of carbonyl (C=O) groups excluding carboxylic acids is 2. The highest BCUT2D eigenvalue weighted by molar-refractivity contribution is 5.99. The largest absolute Gasteiger partial charge is 0.352 e. The predicted octanol–water partition coefficient (Wildman–Crippen LogP) is 3.59. The van der Waals surface area contributed by atoms with Crippen molar-refractivity contribution in [3.8, 4) is 11.4 Å². The Hall–Kier alpha value is -4.07. The third kappa shape index (κ3) is 4.34. The highest BCUT2D eigenvalue weighted by atomic mass is 16.2. The van der Waals surface area contributed by atoms with Gasteiger partial charge in [0.1, 0.15) is 0 Å². The molecule has 0 radical (unpaired) electrons. The van der Waals surface area contributed by atoms with Gasteiger partial charge in [-0.25, -0.2) is 4.68 Å². The summed E-state index contributed by atoms with van der Waals surface area (Å²) in [4.78, 5) is 24.8. The molecular formula is C24H22N6O2. The Balaban J connectivity index is 1.16. The molecule has 1 aromatic heterocycles. The van der Waals surface area contributed by atoms with Gasteiger partial charge in [0.2, 0.25) is 5.91 Å². The molecule has 0 unspecified atom stereocenters. The Kier molecular flexibility index (Phi) is 5.33. The predicted molar refractivity (Wildman–Crippen MR) is 121 cm³/mol. The van der Waals surface area contributed by atoms with Gasteiger partial charge in [-0.2, -0.15) is 0 Å². The zero-order valence-corrected chi connectivity index (χ0v) is 17.4. The van der Waals surface area contributed by atoms with Gasteiger partial charge in [-0.3, -0.25) is 9.59 Å². The molecule has 0 atom stereocenters. The van der Waals surface area contributed by atoms with E-state index in [0.717, 1.165) is 29.2 Å². The lowest BCUT2D eigenvalue weighted by atomic mass is 10.1. The van der Waals surface area contributed by atoms with Crippen LogP contribution in [0.4, 0.5) is 5.69 Å². The van der Waals surface area contributed by atoms with E-state index in [9.17, 15) is 9.59 Å². The SMILES string of the molecule is O=C(CCNC(=O)c1ccc2ccccc2c1)Nc1cccc(-c2nnnn2C2CC2)c1. The van der Waals surface area contributed by atoms with E-state index in [1.54, 1.807) is 6.07 Å². The van der Waals surface area contributed by atoms with E-state index in [0.29, 0.717) is 23.1 Å². The van der Waals surface area contributed by atoms with E-state index in [1.165, 1.54) is 0 Å². The molecule has 1 saturated carbocycles. The molecule has 1 aliphatic rings. The van der Waals surface area contributed by atoms with Crippen LogP contribution >= 0.6 is 0 Å². The van der Waals surface area contributed by atoms with Crippen molar-refractivity contribution in [1.82, 2.24) is 25.5 Å². The van der Waals surface area contributed by atoms with Gasteiger partial charge in [-0.1, -0.05) is 42.5 Å². The number of tetrazole rings is 1. The van der Waals surface area contributed by atoms with Crippen LogP contribution < -0.4 is 10.6 Å². The Labute approximate surface area is 184 Å². The summed E-state index contributed by atoms with van der Waals surface area (Å²) in [6.07, 6.45) is 2.34. The molecular weight excluding hydrogens is 404 g/mol. The normalized spacial score (nSPS) is 13.1. The molecule has 8 nitrogen and oxygen atoms in total. The minimum Gasteiger partial charge on any atom is -0.352 e. The highest BCUT2D eigenvalue weighted by Gasteiger charge is 2.28. The number of fused-ring (bicyclic) bond motifs is 1. The maximum atomic E-state index is 12.4. The first kappa shape index (κ1) is 19.9. The lowest BCUT2D eigenvalue weighted by molar-refractivity contribution is -0.116. The van der Waals surface area contributed by atoms with Crippen LogP contribution in [0.3, 0.4) is 0 Å². The van der Waals surface area contributed by atoms with Gasteiger partial charge < -0.3 is 10.6 Å². The van der Waals surface area contributed by atoms with Crippen LogP contribution in [0.2, 0.25) is 0 Å². The van der Waals surface area contributed by atoms with Crippen LogP contribution in [0, 0.1) is 0 Å². The van der Waals surface area contributed by atoms with E-state index < -0.39 is 0 Å². The smallest absolute Gasteiger partial charge is 0.251 e. The summed E-state index contributed by atoms with van der Waals surface area (Å²) in [5.74, 6) is 0.325. The Morgan fingerprint density at radius 3 is 2.66 bits per heavy atom. The van der Waals surface area contributed by atoms with Crippen molar-refractivity contribution in [2.24, 2.45) is 0 Å². The van der Waals surface area contributed by atoms with Crippen molar-refractivity contribution in [2.45, 2.75) is 25.3 Å². The molecule has 32 heavy (non-hydrogen) atoms. The van der Waals surface area contributed by atoms with Crippen molar-refractivity contribution >= 4 is 28.3 Å². The number of nitrogens with one attached hydrogen (secondary N) is 2. The number of aromatic nitrogens is 4. The van der Waals surface area contributed by atoms with E-state index in [1.807, 2.05) is 65.3 Å². The maximum Gasteiger partial charge on any atom is 0.251 e. The summed E-state index contributed by atoms with van der Waals surface area (Å²) < 4.78 is 1.84. The first-order chi connectivity index (χ1) is 15.7. The zero-order valence-electron chi connectivity index (χ0n) is 17.4. The van der Waals surface area contributed by atoms with Gasteiger partial charge in [0.25, 0.3) is 5.91 Å². The Bertz CT molecular complexity index is 1290. The first-order valence-corrected chi connectivity index (χ1v) is 10.6. The van der Waals surface area contributed by atoms with Crippen molar-refractivity contribution < 1.29 is 9.59 Å². The highest BCUT2D eigenvalue weighted by Crippen LogP contribution is 2.36. The summed E-state index contributed by atoms with van der Waals surface area (Å²) >= 11 is 0. The molecule has 1 fully saturated rings. The van der Waals surface area contributed by atoms with Gasteiger partial charge in [-0.05, 0) is 58.3 Å². The summed E-state index contributed by atoms with van der Waals surface area (Å²) in [6, 6.07) is 21.3. The molecule has 1 heterocycles. The summed E-state index contributed by atoms with van der Waals surface area (Å²) in [6.45, 7) is 0.247. The fourth-order valence-electron chi connectivity index (χ4n) is 3.63. The number of hydrogen-bond acceptors (Lipinski definition) is 5. The second-order valence-corrected chi connectivity index (χ2v) is 7.88. The first-order valence-electron chi connectivity index (χ1n) is 10.6. The topological polar surface area (TPSA) is 102 Å². The van der Waals surface area contributed by atoms with Crippen molar-refractivity contribution in [3.05, 3.63) is 72.3 Å². The fraction of sp³-hybridized carbons (Fsp3) is 0.208. The average molecular weight is 426 g/mol. The zero-order chi connectivity index (χ0) is 21.9. The average Bonchev–Trinajstić information content (AvgIpc) is 3.54. The van der Waals surface area contributed by atoms with Crippen molar-refractivity contribution in [2.75, 3.05) is 11.9 Å². The monoisotopic (exact) mass is 426 g/mol. The van der Waals surface area contributed by atoms with Crippen LogP contribution in [-0.4, -0.2) is 38.6 Å². The molecule has 0 aliphatic heterocycles. The molecule has 0 saturated heterocycles. The number of hydrogen-bond donors (Lipinski definition) is 2. The number of carbonyl (C=O) groups is 2. The molecule has 5 rings (SSSR count). The molecule has 3 aromatic carbocycles. The van der Waals surface area contributed by atoms with Gasteiger partial charge in [0.15, 0.2) is 5.82 Å². The minimum atomic E-state index is -0.197. The third-order valence-electron chi connectivity index (χ3n) is 5.44. The van der Waals surface area contributed by atoms with Gasteiger partial charge in [0.05, 0.1) is 6.04 Å². The third-order valence-corrected chi connectivity index (χ3v) is 5.44. The van der Waals surface area contributed by atoms with Crippen LogP contribution in [0.25, 0.3) is 22.2 Å². The Morgan fingerprint density at radius 1 is 0.969 bits per heavy atom. The molecule has 0 spiro atoms. The van der Waals surface area contributed by atoms with Gasteiger partial charge in [-0.15, -0.1) is 5.10 Å². The number of nitrogens with zero attached hydrogens (tertiary/aromatic N) is 4. The molecule has 1 aliphatic carbocycles. The van der Waals surface area contributed by atoms with E-state index in [2.05, 4.69) is 26.2 Å². The van der Waals surface area contributed by atoms with Crippen LogP contribution in [0.1, 0.15) is 35.7 Å². The quantitative estimate of drug-likeness (QED) is 0.470. The molecule has 2 amide bonds. The van der Waals surface area contributed by atoms with E-state index >= 15 is 0 Å². The minimum absolute atomic E-state index is 0.170. The number of rotatable bonds is 7. The maximum absolute atomic E-state index is 12.4. The molecule has 8 heteroatoms. The number of anilines is 1. The summed E-state index contributed by atoms with van der Waals surface area (Å²) in [7, 11) is 0. The van der Waals surface area contributed by atoms with Gasteiger partial charge in [0, 0.05) is 29.8 Å². The molecule has 4 aromatic rings. The lowest BCUT2D eigenvalue weighted by Crippen LogP contribution is -2.27. The summed E-state index contributed by atoms with van der Waals surface area (Å²) in [5, 5.41) is 19.8. The Morgan fingerprint density at radius 2 is 1.81 bits per heavy atom. The number of amides is 2. The van der Waals surface area contributed by atoms with Crippen LogP contribution in [0.15, 0.2) is 66.7 Å². The molecule has 160 valence electrons. The molecule has 2 N–H and O–H groups in total. The fourth-order valence-corrected chi connectivity index (χ4v) is 3.63. The lowest BCUT2D eigenvalue weighted by Gasteiger charge is -2.09. The number of benzene rings is 3. The van der Waals surface area contributed by atoms with Crippen molar-refractivity contribution in [3.63, 3.8) is 0 Å². The second kappa shape index (κ2) is 8.58.